The van der Waals surface area contributed by atoms with Gasteiger partial charge in [0.05, 0.1) is 25.9 Å². The molecule has 1 aromatic rings. The van der Waals surface area contributed by atoms with E-state index in [1.54, 1.807) is 6.07 Å². The number of carbonyl (C=O) groups excluding carboxylic acids is 1. The second-order valence-corrected chi connectivity index (χ2v) is 4.42. The van der Waals surface area contributed by atoms with Crippen molar-refractivity contribution in [3.05, 3.63) is 16.4 Å². The quantitative estimate of drug-likeness (QED) is 0.762. The molecule has 0 bridgehead atoms. The number of halogens is 2. The maximum Gasteiger partial charge on any atom is 0.336 e. The summed E-state index contributed by atoms with van der Waals surface area (Å²) >= 11 is 11.7. The highest BCUT2D eigenvalue weighted by atomic mass is 35.5. The third-order valence-corrected chi connectivity index (χ3v) is 3.03. The largest absolute Gasteiger partial charge is 0.467 e. The maximum atomic E-state index is 11.4. The molecule has 1 saturated heterocycles. The zero-order chi connectivity index (χ0) is 13.1. The molecular weight excluding hydrogens is 281 g/mol. The number of ether oxygens (including phenoxy) is 2. The lowest BCUT2D eigenvalue weighted by atomic mass is 10.2. The van der Waals surface area contributed by atoms with Gasteiger partial charge in [-0.3, -0.25) is 0 Å². The van der Waals surface area contributed by atoms with Crippen molar-refractivity contribution in [2.75, 3.05) is 31.7 Å². The lowest BCUT2D eigenvalue weighted by Gasteiger charge is -2.33. The second-order valence-electron chi connectivity index (χ2n) is 3.67. The van der Waals surface area contributed by atoms with Crippen molar-refractivity contribution < 1.29 is 14.3 Å². The molecule has 98 valence electrons. The lowest BCUT2D eigenvalue weighted by molar-refractivity contribution is -0.154. The second kappa shape index (κ2) is 5.69. The van der Waals surface area contributed by atoms with Gasteiger partial charge in [0.2, 0.25) is 0 Å². The minimum Gasteiger partial charge on any atom is -0.467 e. The van der Waals surface area contributed by atoms with Crippen LogP contribution in [0.25, 0.3) is 0 Å². The van der Waals surface area contributed by atoms with Crippen molar-refractivity contribution in [3.63, 3.8) is 0 Å². The molecule has 1 aromatic heterocycles. The van der Waals surface area contributed by atoms with Crippen molar-refractivity contribution in [1.29, 1.82) is 0 Å². The average Bonchev–Trinajstić information content (AvgIpc) is 2.40. The first-order chi connectivity index (χ1) is 8.61. The Kier molecular flexibility index (Phi) is 4.21. The van der Waals surface area contributed by atoms with Gasteiger partial charge >= 0.3 is 5.97 Å². The Bertz CT molecular complexity index is 458. The molecule has 1 fully saturated rings. The average molecular weight is 292 g/mol. The topological polar surface area (TPSA) is 64.5 Å². The number of rotatable bonds is 2. The Hall–Kier alpha value is -1.11. The molecule has 2 rings (SSSR count). The SMILES string of the molecule is COC(=O)C1CN(c2cc(Cl)nnc2Cl)CCO1. The first-order valence-electron chi connectivity index (χ1n) is 5.25. The van der Waals surface area contributed by atoms with Crippen molar-refractivity contribution in [2.24, 2.45) is 0 Å². The number of esters is 1. The normalized spacial score (nSPS) is 19.7. The van der Waals surface area contributed by atoms with Gasteiger partial charge in [0.15, 0.2) is 16.4 Å². The third-order valence-electron chi connectivity index (χ3n) is 2.57. The van der Waals surface area contributed by atoms with Crippen LogP contribution in [0.1, 0.15) is 0 Å². The van der Waals surface area contributed by atoms with Crippen LogP contribution in [0, 0.1) is 0 Å². The maximum absolute atomic E-state index is 11.4. The molecule has 1 unspecified atom stereocenters. The molecule has 0 aliphatic carbocycles. The van der Waals surface area contributed by atoms with E-state index >= 15 is 0 Å². The van der Waals surface area contributed by atoms with E-state index in [4.69, 9.17) is 27.9 Å². The lowest BCUT2D eigenvalue weighted by Crippen LogP contribution is -2.46. The van der Waals surface area contributed by atoms with E-state index < -0.39 is 12.1 Å². The standard InChI is InChI=1S/C10H11Cl2N3O3/c1-17-10(16)7-5-15(2-3-18-7)6-4-8(11)13-14-9(6)12/h4,7H,2-3,5H2,1H3. The summed E-state index contributed by atoms with van der Waals surface area (Å²) in [6, 6.07) is 1.61. The Morgan fingerprint density at radius 2 is 2.33 bits per heavy atom. The number of hydrogen-bond donors (Lipinski definition) is 0. The molecule has 1 aliphatic heterocycles. The molecule has 0 amide bonds. The van der Waals surface area contributed by atoms with E-state index in [2.05, 4.69) is 14.9 Å². The first kappa shape index (κ1) is 13.3. The van der Waals surface area contributed by atoms with Crippen LogP contribution >= 0.6 is 23.2 Å². The van der Waals surface area contributed by atoms with Gasteiger partial charge < -0.3 is 14.4 Å². The highest BCUT2D eigenvalue weighted by Crippen LogP contribution is 2.26. The van der Waals surface area contributed by atoms with Crippen LogP contribution in [0.5, 0.6) is 0 Å². The van der Waals surface area contributed by atoms with Gasteiger partial charge in [-0.2, -0.15) is 0 Å². The summed E-state index contributed by atoms with van der Waals surface area (Å²) < 4.78 is 9.97. The summed E-state index contributed by atoms with van der Waals surface area (Å²) in [6.07, 6.45) is -0.633. The highest BCUT2D eigenvalue weighted by molar-refractivity contribution is 6.33. The summed E-state index contributed by atoms with van der Waals surface area (Å²) in [6.45, 7) is 1.33. The zero-order valence-corrected chi connectivity index (χ0v) is 11.1. The van der Waals surface area contributed by atoms with Gasteiger partial charge in [-0.1, -0.05) is 23.2 Å². The Balaban J connectivity index is 2.18. The van der Waals surface area contributed by atoms with Gasteiger partial charge in [-0.15, -0.1) is 10.2 Å². The fourth-order valence-corrected chi connectivity index (χ4v) is 2.06. The molecule has 8 heteroatoms. The van der Waals surface area contributed by atoms with Crippen molar-refractivity contribution in [1.82, 2.24) is 10.2 Å². The Labute approximate surface area is 114 Å². The number of aromatic nitrogens is 2. The van der Waals surface area contributed by atoms with Crippen LogP contribution in [0.4, 0.5) is 5.69 Å². The van der Waals surface area contributed by atoms with E-state index in [1.807, 2.05) is 4.90 Å². The molecule has 0 spiro atoms. The smallest absolute Gasteiger partial charge is 0.336 e. The molecule has 18 heavy (non-hydrogen) atoms. The minimum absolute atomic E-state index is 0.241. The number of methoxy groups -OCH3 is 1. The van der Waals surface area contributed by atoms with Crippen LogP contribution in [0.3, 0.4) is 0 Å². The fourth-order valence-electron chi connectivity index (χ4n) is 1.71. The Morgan fingerprint density at radius 1 is 1.56 bits per heavy atom. The third kappa shape index (κ3) is 2.82. The van der Waals surface area contributed by atoms with E-state index in [0.29, 0.717) is 25.4 Å². The molecule has 1 aliphatic rings. The number of carbonyl (C=O) groups is 1. The minimum atomic E-state index is -0.633. The van der Waals surface area contributed by atoms with Crippen molar-refractivity contribution >= 4 is 34.9 Å². The number of hydrogen-bond acceptors (Lipinski definition) is 6. The predicted molar refractivity (Wildman–Crippen MR) is 66.0 cm³/mol. The van der Waals surface area contributed by atoms with Crippen molar-refractivity contribution in [2.45, 2.75) is 6.10 Å². The predicted octanol–water partition coefficient (Wildman–Crippen LogP) is 1.16. The molecule has 0 N–H and O–H groups in total. The summed E-state index contributed by atoms with van der Waals surface area (Å²) in [7, 11) is 1.32. The van der Waals surface area contributed by atoms with Crippen LogP contribution in [-0.4, -0.2) is 49.1 Å². The molecule has 0 radical (unpaired) electrons. The molecule has 0 aromatic carbocycles. The molecular formula is C10H11Cl2N3O3. The van der Waals surface area contributed by atoms with Gasteiger partial charge in [-0.25, -0.2) is 4.79 Å². The summed E-state index contributed by atoms with van der Waals surface area (Å²) in [5.41, 5.74) is 0.633. The molecule has 6 nitrogen and oxygen atoms in total. The number of morpholine rings is 1. The molecule has 1 atom stereocenters. The summed E-state index contributed by atoms with van der Waals surface area (Å²) in [4.78, 5) is 13.3. The first-order valence-corrected chi connectivity index (χ1v) is 6.00. The zero-order valence-electron chi connectivity index (χ0n) is 9.60. The van der Waals surface area contributed by atoms with E-state index in [0.717, 1.165) is 0 Å². The van der Waals surface area contributed by atoms with Crippen LogP contribution in [0.2, 0.25) is 10.3 Å². The number of anilines is 1. The van der Waals surface area contributed by atoms with E-state index in [1.165, 1.54) is 7.11 Å². The van der Waals surface area contributed by atoms with Gasteiger partial charge in [-0.05, 0) is 0 Å². The van der Waals surface area contributed by atoms with Gasteiger partial charge in [0.25, 0.3) is 0 Å². The van der Waals surface area contributed by atoms with E-state index in [9.17, 15) is 4.79 Å². The van der Waals surface area contributed by atoms with E-state index in [-0.39, 0.29) is 10.3 Å². The monoisotopic (exact) mass is 291 g/mol. The molecule has 2 heterocycles. The van der Waals surface area contributed by atoms with Crippen LogP contribution < -0.4 is 4.90 Å². The highest BCUT2D eigenvalue weighted by Gasteiger charge is 2.28. The number of nitrogens with zero attached hydrogens (tertiary/aromatic N) is 3. The Morgan fingerprint density at radius 3 is 3.06 bits per heavy atom. The fraction of sp³-hybridized carbons (Fsp3) is 0.500. The van der Waals surface area contributed by atoms with Gasteiger partial charge in [0, 0.05) is 12.6 Å². The van der Waals surface area contributed by atoms with Crippen LogP contribution in [-0.2, 0) is 14.3 Å². The molecule has 0 saturated carbocycles. The van der Waals surface area contributed by atoms with Gasteiger partial charge in [0.1, 0.15) is 0 Å². The van der Waals surface area contributed by atoms with Crippen LogP contribution in [0.15, 0.2) is 6.07 Å². The summed E-state index contributed by atoms with van der Waals surface area (Å²) in [5, 5.41) is 7.85. The van der Waals surface area contributed by atoms with Crippen molar-refractivity contribution in [3.8, 4) is 0 Å². The summed E-state index contributed by atoms with van der Waals surface area (Å²) in [5.74, 6) is -0.413.